The molecule has 0 bridgehead atoms. The number of pyridine rings is 6. The summed E-state index contributed by atoms with van der Waals surface area (Å²) in [5.41, 5.74) is 0.564. The lowest BCUT2D eigenvalue weighted by molar-refractivity contribution is -0.142. The average molecular weight is 761 g/mol. The topological polar surface area (TPSA) is 117 Å². The number of alkyl halides is 6. The molecule has 14 heteroatoms. The molecular formula is C42H26F6N6O2. The van der Waals surface area contributed by atoms with Gasteiger partial charge in [-0.1, -0.05) is 48.5 Å². The van der Waals surface area contributed by atoms with Gasteiger partial charge in [-0.2, -0.15) is 26.3 Å². The van der Waals surface area contributed by atoms with Gasteiger partial charge in [0.25, 0.3) is 0 Å². The van der Waals surface area contributed by atoms with Gasteiger partial charge in [-0.05, 0) is 72.1 Å². The van der Waals surface area contributed by atoms with Gasteiger partial charge in [0.2, 0.25) is 5.56 Å². The molecule has 278 valence electrons. The van der Waals surface area contributed by atoms with E-state index in [-0.39, 0.29) is 62.3 Å². The predicted molar refractivity (Wildman–Crippen MR) is 200 cm³/mol. The maximum atomic E-state index is 14.5. The van der Waals surface area contributed by atoms with Crippen LogP contribution in [0.1, 0.15) is 28.3 Å². The van der Waals surface area contributed by atoms with Gasteiger partial charge in [-0.3, -0.25) is 9.59 Å². The standard InChI is InChI=1S/C42H26F6N6O2/c1-22-14-27(19-34(50-22)41(43,44)45)30-18-26-10-11-36(56)52-39(26)53-38(30)25-9-5-6-23(15-25)16-29-17-28(20-35(51-29)42(46,47)48)31-21-32-33(55)12-13-49-40(32)54-37(31)24-7-3-2-4-8-24/h2-15,17-21H,16H2,1H3,(H,49,54,55)(H,52,53,56). The quantitative estimate of drug-likeness (QED) is 0.163. The largest absolute Gasteiger partial charge is 0.433 e. The summed E-state index contributed by atoms with van der Waals surface area (Å²) in [4.78, 5) is 47.6. The van der Waals surface area contributed by atoms with Crippen LogP contribution in [0.25, 0.3) is 66.8 Å². The fourth-order valence-corrected chi connectivity index (χ4v) is 6.64. The number of rotatable bonds is 6. The minimum Gasteiger partial charge on any atom is -0.346 e. The van der Waals surface area contributed by atoms with Crippen molar-refractivity contribution in [2.45, 2.75) is 25.7 Å². The molecule has 6 aromatic heterocycles. The lowest BCUT2D eigenvalue weighted by Gasteiger charge is -2.16. The number of aromatic nitrogens is 6. The number of fused-ring (bicyclic) bond motifs is 2. The molecule has 0 saturated heterocycles. The van der Waals surface area contributed by atoms with Crippen LogP contribution in [0.15, 0.2) is 125 Å². The zero-order chi connectivity index (χ0) is 39.4. The van der Waals surface area contributed by atoms with E-state index in [0.717, 1.165) is 12.1 Å². The van der Waals surface area contributed by atoms with Gasteiger partial charge in [0.1, 0.15) is 22.7 Å². The van der Waals surface area contributed by atoms with Crippen LogP contribution >= 0.6 is 0 Å². The van der Waals surface area contributed by atoms with Crippen LogP contribution in [-0.4, -0.2) is 29.9 Å². The van der Waals surface area contributed by atoms with Crippen LogP contribution in [0.2, 0.25) is 0 Å². The fourth-order valence-electron chi connectivity index (χ4n) is 6.64. The second kappa shape index (κ2) is 13.7. The first-order chi connectivity index (χ1) is 26.7. The summed E-state index contributed by atoms with van der Waals surface area (Å²) in [6.07, 6.45) is -8.22. The molecule has 0 atom stereocenters. The first kappa shape index (κ1) is 36.0. The summed E-state index contributed by atoms with van der Waals surface area (Å²) >= 11 is 0. The zero-order valence-corrected chi connectivity index (χ0v) is 29.0. The summed E-state index contributed by atoms with van der Waals surface area (Å²) in [6.45, 7) is 1.44. The van der Waals surface area contributed by atoms with Crippen molar-refractivity contribution in [1.82, 2.24) is 29.9 Å². The third kappa shape index (κ3) is 7.16. The van der Waals surface area contributed by atoms with E-state index in [0.29, 0.717) is 33.3 Å². The number of H-pyrrole nitrogens is 2. The van der Waals surface area contributed by atoms with Crippen molar-refractivity contribution < 1.29 is 26.3 Å². The van der Waals surface area contributed by atoms with Crippen LogP contribution < -0.4 is 11.0 Å². The van der Waals surface area contributed by atoms with Crippen molar-refractivity contribution in [2.24, 2.45) is 0 Å². The van der Waals surface area contributed by atoms with Crippen molar-refractivity contribution in [1.29, 1.82) is 0 Å². The van der Waals surface area contributed by atoms with Gasteiger partial charge in [0.15, 0.2) is 5.43 Å². The Morgan fingerprint density at radius 3 is 2.00 bits per heavy atom. The predicted octanol–water partition coefficient (Wildman–Crippen LogP) is 9.55. The summed E-state index contributed by atoms with van der Waals surface area (Å²) in [6, 6.07) is 27.6. The summed E-state index contributed by atoms with van der Waals surface area (Å²) in [5.74, 6) is 0. The number of nitrogens with zero attached hydrogens (tertiary/aromatic N) is 4. The smallest absolute Gasteiger partial charge is 0.346 e. The van der Waals surface area contributed by atoms with Crippen LogP contribution in [0.4, 0.5) is 26.3 Å². The van der Waals surface area contributed by atoms with Gasteiger partial charge < -0.3 is 9.97 Å². The molecule has 6 heterocycles. The van der Waals surface area contributed by atoms with Crippen molar-refractivity contribution in [3.05, 3.63) is 164 Å². The summed E-state index contributed by atoms with van der Waals surface area (Å²) in [7, 11) is 0. The van der Waals surface area contributed by atoms with Crippen LogP contribution in [0.3, 0.4) is 0 Å². The second-order valence-electron chi connectivity index (χ2n) is 13.1. The Morgan fingerprint density at radius 2 is 1.25 bits per heavy atom. The number of aromatic amines is 2. The van der Waals surface area contributed by atoms with E-state index >= 15 is 0 Å². The highest BCUT2D eigenvalue weighted by molar-refractivity contribution is 5.91. The third-order valence-corrected chi connectivity index (χ3v) is 9.12. The Kier molecular flexibility index (Phi) is 8.83. The number of hydrogen-bond donors (Lipinski definition) is 2. The molecule has 2 N–H and O–H groups in total. The van der Waals surface area contributed by atoms with Crippen molar-refractivity contribution in [3.63, 3.8) is 0 Å². The van der Waals surface area contributed by atoms with Crippen LogP contribution in [0.5, 0.6) is 0 Å². The SMILES string of the molecule is Cc1cc(-c2cc3ccc(=O)[nH]c3nc2-c2cccc(Cc3cc(-c4cc5c(=O)cc[nH]c5nc4-c4ccccc4)cc(C(F)(F)F)n3)c2)cc(C(F)(F)F)n1. The fraction of sp³-hybridized carbons (Fsp3) is 0.0952. The molecule has 0 unspecified atom stereocenters. The summed E-state index contributed by atoms with van der Waals surface area (Å²) < 4.78 is 85.0. The highest BCUT2D eigenvalue weighted by atomic mass is 19.4. The van der Waals surface area contributed by atoms with E-state index in [2.05, 4.69) is 29.9 Å². The van der Waals surface area contributed by atoms with Crippen LogP contribution in [-0.2, 0) is 18.8 Å². The molecular weight excluding hydrogens is 734 g/mol. The molecule has 0 aliphatic heterocycles. The minimum atomic E-state index is -4.83. The normalized spacial score (nSPS) is 12.1. The van der Waals surface area contributed by atoms with Crippen molar-refractivity contribution in [3.8, 4) is 44.8 Å². The number of halogens is 6. The second-order valence-corrected chi connectivity index (χ2v) is 13.1. The van der Waals surface area contributed by atoms with E-state index in [4.69, 9.17) is 0 Å². The Bertz CT molecular complexity index is 2940. The van der Waals surface area contributed by atoms with Gasteiger partial charge in [-0.15, -0.1) is 0 Å². The van der Waals surface area contributed by atoms with Crippen LogP contribution in [0, 0.1) is 6.92 Å². The number of benzene rings is 2. The van der Waals surface area contributed by atoms with Gasteiger partial charge >= 0.3 is 12.4 Å². The van der Waals surface area contributed by atoms with E-state index in [1.54, 1.807) is 60.7 Å². The van der Waals surface area contributed by atoms with Gasteiger partial charge in [-0.25, -0.2) is 19.9 Å². The van der Waals surface area contributed by atoms with Gasteiger partial charge in [0.05, 0.1) is 16.8 Å². The highest BCUT2D eigenvalue weighted by Gasteiger charge is 2.34. The first-order valence-electron chi connectivity index (χ1n) is 17.1. The molecule has 0 radical (unpaired) electrons. The van der Waals surface area contributed by atoms with E-state index in [9.17, 15) is 35.9 Å². The molecule has 8 aromatic rings. The zero-order valence-electron chi connectivity index (χ0n) is 29.0. The molecule has 0 amide bonds. The lowest BCUT2D eigenvalue weighted by atomic mass is 9.94. The minimum absolute atomic E-state index is 0.0451. The molecule has 0 saturated carbocycles. The van der Waals surface area contributed by atoms with E-state index < -0.39 is 29.3 Å². The number of hydrogen-bond acceptors (Lipinski definition) is 6. The van der Waals surface area contributed by atoms with Crippen molar-refractivity contribution >= 4 is 22.1 Å². The Balaban J connectivity index is 1.27. The molecule has 8 nitrogen and oxygen atoms in total. The average Bonchev–Trinajstić information content (AvgIpc) is 3.16. The number of nitrogens with one attached hydrogen (secondary N) is 2. The number of aryl methyl sites for hydroxylation is 1. The first-order valence-corrected chi connectivity index (χ1v) is 17.1. The summed E-state index contributed by atoms with van der Waals surface area (Å²) in [5, 5.41) is 0.650. The van der Waals surface area contributed by atoms with E-state index in [1.165, 1.54) is 49.5 Å². The maximum Gasteiger partial charge on any atom is 0.433 e. The molecule has 8 rings (SSSR count). The molecule has 0 fully saturated rings. The Labute approximate surface area is 312 Å². The molecule has 0 aliphatic rings. The molecule has 0 spiro atoms. The lowest BCUT2D eigenvalue weighted by Crippen LogP contribution is -2.11. The maximum absolute atomic E-state index is 14.5. The van der Waals surface area contributed by atoms with Gasteiger partial charge in [0, 0.05) is 63.8 Å². The Morgan fingerprint density at radius 1 is 0.589 bits per heavy atom. The monoisotopic (exact) mass is 760 g/mol. The highest BCUT2D eigenvalue weighted by Crippen LogP contribution is 2.39. The molecule has 0 aliphatic carbocycles. The Hall–Kier alpha value is -6.96. The third-order valence-electron chi connectivity index (χ3n) is 9.12. The molecule has 56 heavy (non-hydrogen) atoms. The molecule has 2 aromatic carbocycles. The van der Waals surface area contributed by atoms with Crippen molar-refractivity contribution in [2.75, 3.05) is 0 Å². The van der Waals surface area contributed by atoms with E-state index in [1.807, 2.05) is 0 Å².